The predicted octanol–water partition coefficient (Wildman–Crippen LogP) is 5.05. The van der Waals surface area contributed by atoms with Crippen molar-refractivity contribution in [3.8, 4) is 16.9 Å². The Bertz CT molecular complexity index is 974. The number of para-hydroxylation sites is 1. The van der Waals surface area contributed by atoms with Crippen LogP contribution in [0.15, 0.2) is 48.5 Å². The molecule has 0 saturated heterocycles. The molecule has 1 aromatic heterocycles. The lowest BCUT2D eigenvalue weighted by Gasteiger charge is -2.18. The zero-order valence-corrected chi connectivity index (χ0v) is 15.2. The number of nitrogens with one attached hydrogen (secondary N) is 1. The fraction of sp³-hybridized carbons (Fsp3) is 0.150. The van der Waals surface area contributed by atoms with Gasteiger partial charge < -0.3 is 9.88 Å². The normalized spacial score (nSPS) is 13.5. The van der Waals surface area contributed by atoms with Gasteiger partial charge in [0.25, 0.3) is 5.91 Å². The van der Waals surface area contributed by atoms with Crippen LogP contribution in [0.1, 0.15) is 21.6 Å². The Hall–Kier alpha value is -2.23. The molecular weight excluding hydrogens is 355 g/mol. The van der Waals surface area contributed by atoms with Crippen LogP contribution in [-0.2, 0) is 6.42 Å². The van der Waals surface area contributed by atoms with E-state index in [-0.39, 0.29) is 5.91 Å². The van der Waals surface area contributed by atoms with E-state index in [1.807, 2.05) is 55.5 Å². The highest BCUT2D eigenvalue weighted by atomic mass is 35.5. The fourth-order valence-electron chi connectivity index (χ4n) is 3.52. The minimum Gasteiger partial charge on any atom is -0.352 e. The Balaban J connectivity index is 2.08. The highest BCUT2D eigenvalue weighted by molar-refractivity contribution is 6.32. The molecule has 2 heterocycles. The summed E-state index contributed by atoms with van der Waals surface area (Å²) in [6.45, 7) is 2.61. The minimum absolute atomic E-state index is 0.0280. The molecule has 0 radical (unpaired) electrons. The summed E-state index contributed by atoms with van der Waals surface area (Å²) >= 11 is 12.5. The van der Waals surface area contributed by atoms with Crippen LogP contribution in [0.4, 0.5) is 0 Å². The Kier molecular flexibility index (Phi) is 4.06. The lowest BCUT2D eigenvalue weighted by atomic mass is 10.0. The van der Waals surface area contributed by atoms with E-state index >= 15 is 0 Å². The summed E-state index contributed by atoms with van der Waals surface area (Å²) in [4.78, 5) is 12.5. The number of benzene rings is 2. The van der Waals surface area contributed by atoms with E-state index < -0.39 is 0 Å². The highest BCUT2D eigenvalue weighted by Gasteiger charge is 2.29. The number of aromatic nitrogens is 1. The molecule has 1 amide bonds. The zero-order chi connectivity index (χ0) is 17.6. The Morgan fingerprint density at radius 2 is 1.76 bits per heavy atom. The molecule has 126 valence electrons. The number of carbonyl (C=O) groups excluding carboxylic acids is 1. The van der Waals surface area contributed by atoms with Crippen LogP contribution in [-0.4, -0.2) is 17.0 Å². The molecule has 0 bridgehead atoms. The maximum absolute atomic E-state index is 12.5. The Labute approximate surface area is 156 Å². The molecule has 0 spiro atoms. The first-order chi connectivity index (χ1) is 12.1. The number of nitrogens with zero attached hydrogens (tertiary/aromatic N) is 1. The van der Waals surface area contributed by atoms with Crippen molar-refractivity contribution in [2.45, 2.75) is 13.3 Å². The van der Waals surface area contributed by atoms with Crippen LogP contribution in [0, 0.1) is 6.92 Å². The van der Waals surface area contributed by atoms with Crippen molar-refractivity contribution in [2.75, 3.05) is 6.54 Å². The maximum atomic E-state index is 12.5. The number of rotatable bonds is 2. The van der Waals surface area contributed by atoms with E-state index in [4.69, 9.17) is 23.2 Å². The van der Waals surface area contributed by atoms with Gasteiger partial charge in [-0.3, -0.25) is 4.79 Å². The van der Waals surface area contributed by atoms with Gasteiger partial charge in [0.2, 0.25) is 0 Å². The van der Waals surface area contributed by atoms with Crippen molar-refractivity contribution in [1.29, 1.82) is 0 Å². The van der Waals surface area contributed by atoms with E-state index in [0.717, 1.165) is 40.2 Å². The summed E-state index contributed by atoms with van der Waals surface area (Å²) in [5, 5.41) is 4.27. The quantitative estimate of drug-likeness (QED) is 0.672. The number of hydrogen-bond acceptors (Lipinski definition) is 1. The highest BCUT2D eigenvalue weighted by Crippen LogP contribution is 2.37. The zero-order valence-electron chi connectivity index (χ0n) is 13.6. The number of amides is 1. The number of halogens is 2. The third-order valence-electron chi connectivity index (χ3n) is 4.60. The molecule has 1 N–H and O–H groups in total. The van der Waals surface area contributed by atoms with Crippen molar-refractivity contribution in [2.24, 2.45) is 0 Å². The van der Waals surface area contributed by atoms with Gasteiger partial charge in [-0.2, -0.15) is 0 Å². The van der Waals surface area contributed by atoms with Crippen molar-refractivity contribution in [3.05, 3.63) is 75.4 Å². The average Bonchev–Trinajstić information content (AvgIpc) is 2.90. The van der Waals surface area contributed by atoms with Gasteiger partial charge >= 0.3 is 0 Å². The summed E-state index contributed by atoms with van der Waals surface area (Å²) in [7, 11) is 0. The van der Waals surface area contributed by atoms with E-state index in [1.54, 1.807) is 0 Å². The molecule has 0 aliphatic carbocycles. The van der Waals surface area contributed by atoms with Crippen molar-refractivity contribution >= 4 is 29.1 Å². The van der Waals surface area contributed by atoms with Crippen molar-refractivity contribution in [1.82, 2.24) is 9.88 Å². The molecule has 25 heavy (non-hydrogen) atoms. The smallest absolute Gasteiger partial charge is 0.253 e. The first-order valence-electron chi connectivity index (χ1n) is 8.11. The van der Waals surface area contributed by atoms with Gasteiger partial charge in [0, 0.05) is 23.7 Å². The summed E-state index contributed by atoms with van der Waals surface area (Å²) in [5.74, 6) is -0.0280. The number of hydrogen-bond donors (Lipinski definition) is 1. The van der Waals surface area contributed by atoms with E-state index in [9.17, 15) is 4.79 Å². The van der Waals surface area contributed by atoms with Crippen molar-refractivity contribution < 1.29 is 4.79 Å². The van der Waals surface area contributed by atoms with Crippen LogP contribution in [0.25, 0.3) is 16.9 Å². The fourth-order valence-corrected chi connectivity index (χ4v) is 3.87. The van der Waals surface area contributed by atoms with Crippen LogP contribution in [0.3, 0.4) is 0 Å². The van der Waals surface area contributed by atoms with Gasteiger partial charge in [-0.25, -0.2) is 0 Å². The first kappa shape index (κ1) is 16.2. The lowest BCUT2D eigenvalue weighted by Crippen LogP contribution is -2.32. The van der Waals surface area contributed by atoms with Crippen LogP contribution in [0.2, 0.25) is 10.0 Å². The summed E-state index contributed by atoms with van der Waals surface area (Å²) in [5.41, 5.74) is 5.56. The molecule has 0 fully saturated rings. The van der Waals surface area contributed by atoms with Gasteiger partial charge in [-0.05, 0) is 42.3 Å². The molecule has 0 atom stereocenters. The number of fused-ring (bicyclic) bond motifs is 1. The second kappa shape index (κ2) is 6.25. The summed E-state index contributed by atoms with van der Waals surface area (Å²) in [6, 6.07) is 15.4. The van der Waals surface area contributed by atoms with Crippen molar-refractivity contribution in [3.63, 3.8) is 0 Å². The third kappa shape index (κ3) is 2.64. The second-order valence-corrected chi connectivity index (χ2v) is 6.94. The molecule has 0 unspecified atom stereocenters. The van der Waals surface area contributed by atoms with E-state index in [1.165, 1.54) is 0 Å². The molecule has 5 heteroatoms. The van der Waals surface area contributed by atoms with Gasteiger partial charge in [-0.1, -0.05) is 47.5 Å². The molecule has 2 aromatic carbocycles. The number of carbonyl (C=O) groups is 1. The first-order valence-corrected chi connectivity index (χ1v) is 8.86. The maximum Gasteiger partial charge on any atom is 0.253 e. The van der Waals surface area contributed by atoms with Gasteiger partial charge in [0.15, 0.2) is 0 Å². The predicted molar refractivity (Wildman–Crippen MR) is 102 cm³/mol. The van der Waals surface area contributed by atoms with Crippen LogP contribution >= 0.6 is 23.2 Å². The molecule has 1 aliphatic heterocycles. The van der Waals surface area contributed by atoms with Crippen LogP contribution < -0.4 is 5.32 Å². The largest absolute Gasteiger partial charge is 0.352 e. The monoisotopic (exact) mass is 370 g/mol. The van der Waals surface area contributed by atoms with E-state index in [0.29, 0.717) is 16.6 Å². The summed E-state index contributed by atoms with van der Waals surface area (Å²) < 4.78 is 2.12. The molecule has 4 rings (SSSR count). The van der Waals surface area contributed by atoms with Crippen LogP contribution in [0.5, 0.6) is 0 Å². The summed E-state index contributed by atoms with van der Waals surface area (Å²) in [6.07, 6.45) is 0.765. The second-order valence-electron chi connectivity index (χ2n) is 6.09. The standard InChI is InChI=1S/C20H16Cl2N2O/c1-12-18-17(10-11-23-20(18)25)24(16-5-3-2-4-15(16)22)19(12)13-6-8-14(21)9-7-13/h2-9H,10-11H2,1H3,(H,23,25). The van der Waals surface area contributed by atoms with Gasteiger partial charge in [-0.15, -0.1) is 0 Å². The molecular formula is C20H16Cl2N2O. The molecule has 3 aromatic rings. The Morgan fingerprint density at radius 3 is 2.48 bits per heavy atom. The molecule has 3 nitrogen and oxygen atoms in total. The SMILES string of the molecule is Cc1c2c(n(-c3ccccc3Cl)c1-c1ccc(Cl)cc1)CCNC2=O. The molecule has 0 saturated carbocycles. The topological polar surface area (TPSA) is 34.0 Å². The van der Waals surface area contributed by atoms with Gasteiger partial charge in [0.1, 0.15) is 0 Å². The third-order valence-corrected chi connectivity index (χ3v) is 5.17. The Morgan fingerprint density at radius 1 is 1.04 bits per heavy atom. The van der Waals surface area contributed by atoms with E-state index in [2.05, 4.69) is 9.88 Å². The minimum atomic E-state index is -0.0280. The van der Waals surface area contributed by atoms with Gasteiger partial charge in [0.05, 0.1) is 22.0 Å². The molecule has 1 aliphatic rings. The lowest BCUT2D eigenvalue weighted by molar-refractivity contribution is 0.0945. The average molecular weight is 371 g/mol.